The molecule has 0 bridgehead atoms. The van der Waals surface area contributed by atoms with Crippen LogP contribution in [0.1, 0.15) is 30.9 Å². The number of amides is 2. The highest BCUT2D eigenvalue weighted by Gasteiger charge is 2.34. The van der Waals surface area contributed by atoms with Crippen molar-refractivity contribution in [2.24, 2.45) is 5.92 Å². The zero-order chi connectivity index (χ0) is 18.0. The Bertz CT molecular complexity index is 670. The topological polar surface area (TPSA) is 78.9 Å². The Morgan fingerprint density at radius 1 is 1.24 bits per heavy atom. The van der Waals surface area contributed by atoms with Gasteiger partial charge in [0.25, 0.3) is 0 Å². The van der Waals surface area contributed by atoms with Crippen LogP contribution in [0, 0.1) is 17.6 Å². The van der Waals surface area contributed by atoms with Gasteiger partial charge in [-0.05, 0) is 37.0 Å². The van der Waals surface area contributed by atoms with E-state index >= 15 is 0 Å². The lowest BCUT2D eigenvalue weighted by Crippen LogP contribution is -2.50. The third-order valence-electron chi connectivity index (χ3n) is 4.73. The minimum atomic E-state index is -0.960. The Morgan fingerprint density at radius 2 is 2.04 bits per heavy atom. The average molecular weight is 354 g/mol. The molecule has 136 valence electrons. The van der Waals surface area contributed by atoms with Gasteiger partial charge in [-0.1, -0.05) is 6.07 Å². The lowest BCUT2D eigenvalue weighted by atomic mass is 9.98. The van der Waals surface area contributed by atoms with Crippen molar-refractivity contribution in [2.45, 2.75) is 31.4 Å². The summed E-state index contributed by atoms with van der Waals surface area (Å²) >= 11 is 0. The van der Waals surface area contributed by atoms with Crippen LogP contribution in [0.25, 0.3) is 0 Å². The highest BCUT2D eigenvalue weighted by atomic mass is 19.2. The van der Waals surface area contributed by atoms with Crippen LogP contribution in [0.2, 0.25) is 0 Å². The number of halogens is 2. The molecule has 2 aliphatic rings. The molecule has 2 heterocycles. The first-order valence-electron chi connectivity index (χ1n) is 8.30. The Balaban J connectivity index is 1.65. The van der Waals surface area contributed by atoms with Crippen molar-refractivity contribution < 1.29 is 28.2 Å². The molecule has 2 aliphatic heterocycles. The van der Waals surface area contributed by atoms with E-state index in [-0.39, 0.29) is 18.6 Å². The van der Waals surface area contributed by atoms with Crippen LogP contribution in [0.15, 0.2) is 18.2 Å². The maximum Gasteiger partial charge on any atom is 0.317 e. The lowest BCUT2D eigenvalue weighted by molar-refractivity contribution is -0.143. The molecular weight excluding hydrogens is 334 g/mol. The number of urea groups is 1. The number of likely N-dealkylation sites (tertiary alicyclic amines) is 1. The molecule has 1 aromatic rings. The van der Waals surface area contributed by atoms with Crippen LogP contribution in [0.4, 0.5) is 13.6 Å². The number of aliphatic carboxylic acids is 1. The van der Waals surface area contributed by atoms with E-state index in [1.165, 1.54) is 11.0 Å². The average Bonchev–Trinajstić information content (AvgIpc) is 3.05. The van der Waals surface area contributed by atoms with E-state index in [2.05, 4.69) is 5.32 Å². The smallest absolute Gasteiger partial charge is 0.317 e. The number of nitrogens with one attached hydrogen (secondary N) is 1. The molecule has 0 spiro atoms. The van der Waals surface area contributed by atoms with E-state index in [1.807, 2.05) is 0 Å². The van der Waals surface area contributed by atoms with Gasteiger partial charge >= 0.3 is 12.0 Å². The van der Waals surface area contributed by atoms with Crippen LogP contribution >= 0.6 is 0 Å². The SMILES string of the molecule is O=C(O)C1CCCN(C(=O)NC2CCOC2c2ccc(F)c(F)c2)C1. The summed E-state index contributed by atoms with van der Waals surface area (Å²) in [5.74, 6) is -3.35. The largest absolute Gasteiger partial charge is 0.481 e. The normalized spacial score (nSPS) is 26.5. The molecule has 0 saturated carbocycles. The third-order valence-corrected chi connectivity index (χ3v) is 4.73. The maximum atomic E-state index is 13.5. The number of carbonyl (C=O) groups excluding carboxylic acids is 1. The monoisotopic (exact) mass is 354 g/mol. The van der Waals surface area contributed by atoms with Crippen molar-refractivity contribution in [2.75, 3.05) is 19.7 Å². The fourth-order valence-electron chi connectivity index (χ4n) is 3.37. The molecule has 0 aromatic heterocycles. The molecular formula is C17H20F2N2O4. The predicted molar refractivity (Wildman–Crippen MR) is 83.9 cm³/mol. The Kier molecular flexibility index (Phi) is 5.17. The van der Waals surface area contributed by atoms with Gasteiger partial charge in [0.15, 0.2) is 11.6 Å². The summed E-state index contributed by atoms with van der Waals surface area (Å²) in [7, 11) is 0. The summed E-state index contributed by atoms with van der Waals surface area (Å²) in [6.45, 7) is 1.07. The molecule has 2 saturated heterocycles. The van der Waals surface area contributed by atoms with Crippen molar-refractivity contribution in [3.05, 3.63) is 35.4 Å². The molecule has 2 N–H and O–H groups in total. The summed E-state index contributed by atoms with van der Waals surface area (Å²) in [6, 6.07) is 2.82. The first-order chi connectivity index (χ1) is 12.0. The third kappa shape index (κ3) is 3.89. The second-order valence-corrected chi connectivity index (χ2v) is 6.43. The zero-order valence-corrected chi connectivity index (χ0v) is 13.6. The minimum absolute atomic E-state index is 0.171. The highest BCUT2D eigenvalue weighted by molar-refractivity contribution is 5.77. The van der Waals surface area contributed by atoms with E-state index in [4.69, 9.17) is 9.84 Å². The number of rotatable bonds is 3. The van der Waals surface area contributed by atoms with Gasteiger partial charge in [-0.3, -0.25) is 4.79 Å². The van der Waals surface area contributed by atoms with Crippen molar-refractivity contribution in [3.8, 4) is 0 Å². The molecule has 1 aromatic carbocycles. The highest BCUT2D eigenvalue weighted by Crippen LogP contribution is 2.30. The van der Waals surface area contributed by atoms with Crippen LogP contribution < -0.4 is 5.32 Å². The van der Waals surface area contributed by atoms with E-state index in [1.54, 1.807) is 0 Å². The van der Waals surface area contributed by atoms with Gasteiger partial charge in [0, 0.05) is 19.7 Å². The second kappa shape index (κ2) is 7.35. The number of hydrogen-bond donors (Lipinski definition) is 2. The van der Waals surface area contributed by atoms with E-state index < -0.39 is 29.6 Å². The lowest BCUT2D eigenvalue weighted by Gasteiger charge is -2.32. The summed E-state index contributed by atoms with van der Waals surface area (Å²) in [5.41, 5.74) is 0.462. The van der Waals surface area contributed by atoms with Gasteiger partial charge < -0.3 is 20.1 Å². The number of ether oxygens (including phenoxy) is 1. The summed E-state index contributed by atoms with van der Waals surface area (Å²) in [6.07, 6.45) is 1.19. The Hall–Kier alpha value is -2.22. The number of nitrogens with zero attached hydrogens (tertiary/aromatic N) is 1. The van der Waals surface area contributed by atoms with Crippen molar-refractivity contribution in [3.63, 3.8) is 0 Å². The maximum absolute atomic E-state index is 13.5. The zero-order valence-electron chi connectivity index (χ0n) is 13.6. The van der Waals surface area contributed by atoms with E-state index in [9.17, 15) is 18.4 Å². The summed E-state index contributed by atoms with van der Waals surface area (Å²) in [4.78, 5) is 25.1. The fraction of sp³-hybridized carbons (Fsp3) is 0.529. The standard InChI is InChI=1S/C17H20F2N2O4/c18-12-4-3-10(8-13(12)19)15-14(5-7-25-15)20-17(24)21-6-1-2-11(9-21)16(22)23/h3-4,8,11,14-15H,1-2,5-7,9H2,(H,20,24)(H,22,23). The van der Waals surface area contributed by atoms with E-state index in [0.717, 1.165) is 12.1 Å². The molecule has 0 radical (unpaired) electrons. The Morgan fingerprint density at radius 3 is 2.76 bits per heavy atom. The van der Waals surface area contributed by atoms with Gasteiger partial charge in [-0.25, -0.2) is 13.6 Å². The van der Waals surface area contributed by atoms with Crippen molar-refractivity contribution in [1.29, 1.82) is 0 Å². The van der Waals surface area contributed by atoms with Gasteiger partial charge in [0.2, 0.25) is 0 Å². The molecule has 2 amide bonds. The molecule has 2 fully saturated rings. The molecule has 3 unspecified atom stereocenters. The molecule has 6 nitrogen and oxygen atoms in total. The quantitative estimate of drug-likeness (QED) is 0.873. The Labute approximate surface area is 143 Å². The molecule has 8 heteroatoms. The number of hydrogen-bond acceptors (Lipinski definition) is 3. The number of benzene rings is 1. The number of carboxylic acid groups (broad SMARTS) is 1. The number of carboxylic acids is 1. The summed E-state index contributed by atoms with van der Waals surface area (Å²) < 4.78 is 32.1. The number of carbonyl (C=O) groups is 2. The van der Waals surface area contributed by atoms with Crippen LogP contribution in [0.5, 0.6) is 0 Å². The van der Waals surface area contributed by atoms with Gasteiger partial charge in [-0.2, -0.15) is 0 Å². The predicted octanol–water partition coefficient (Wildman–Crippen LogP) is 2.30. The number of piperidine rings is 1. The van der Waals surface area contributed by atoms with Crippen molar-refractivity contribution in [1.82, 2.24) is 10.2 Å². The molecule has 25 heavy (non-hydrogen) atoms. The van der Waals surface area contributed by atoms with Crippen LogP contribution in [-0.2, 0) is 9.53 Å². The van der Waals surface area contributed by atoms with Crippen LogP contribution in [-0.4, -0.2) is 47.7 Å². The van der Waals surface area contributed by atoms with Gasteiger partial charge in [0.1, 0.15) is 6.10 Å². The van der Waals surface area contributed by atoms with Gasteiger partial charge in [0.05, 0.1) is 12.0 Å². The van der Waals surface area contributed by atoms with Crippen molar-refractivity contribution >= 4 is 12.0 Å². The van der Waals surface area contributed by atoms with Crippen LogP contribution in [0.3, 0.4) is 0 Å². The fourth-order valence-corrected chi connectivity index (χ4v) is 3.37. The first-order valence-corrected chi connectivity index (χ1v) is 8.30. The molecule has 0 aliphatic carbocycles. The molecule has 3 atom stereocenters. The second-order valence-electron chi connectivity index (χ2n) is 6.43. The van der Waals surface area contributed by atoms with E-state index in [0.29, 0.717) is 38.0 Å². The minimum Gasteiger partial charge on any atom is -0.481 e. The summed E-state index contributed by atoms with van der Waals surface area (Å²) in [5, 5.41) is 12.0. The van der Waals surface area contributed by atoms with Gasteiger partial charge in [-0.15, -0.1) is 0 Å². The first kappa shape index (κ1) is 17.6. The molecule has 3 rings (SSSR count).